The SMILES string of the molecule is C=C(CC)N1CCc2c(n(C)c3ccccc23)[C@H]1c1c(F)cc(/C=C/C(=O)O)cc1F. The third kappa shape index (κ3) is 3.52. The average molecular weight is 422 g/mol. The summed E-state index contributed by atoms with van der Waals surface area (Å²) in [5, 5.41) is 9.90. The third-order valence-electron chi connectivity index (χ3n) is 6.04. The summed E-state index contributed by atoms with van der Waals surface area (Å²) in [6, 6.07) is 9.68. The van der Waals surface area contributed by atoms with Gasteiger partial charge >= 0.3 is 5.97 Å². The molecule has 4 nitrogen and oxygen atoms in total. The highest BCUT2D eigenvalue weighted by Crippen LogP contribution is 2.43. The second kappa shape index (κ2) is 8.02. The monoisotopic (exact) mass is 422 g/mol. The molecule has 1 N–H and O–H groups in total. The number of nitrogens with zero attached hydrogens (tertiary/aromatic N) is 2. The number of carbonyl (C=O) groups is 1. The highest BCUT2D eigenvalue weighted by atomic mass is 19.1. The van der Waals surface area contributed by atoms with Crippen molar-refractivity contribution in [1.82, 2.24) is 9.47 Å². The Hall–Kier alpha value is -3.41. The van der Waals surface area contributed by atoms with E-state index < -0.39 is 23.6 Å². The molecule has 2 heterocycles. The molecule has 1 aliphatic rings. The minimum atomic E-state index is -1.18. The Kier molecular flexibility index (Phi) is 5.39. The zero-order valence-corrected chi connectivity index (χ0v) is 17.5. The van der Waals surface area contributed by atoms with Crippen LogP contribution >= 0.6 is 0 Å². The molecule has 0 fully saturated rings. The molecule has 0 spiro atoms. The first-order valence-corrected chi connectivity index (χ1v) is 10.2. The summed E-state index contributed by atoms with van der Waals surface area (Å²) in [5.41, 5.74) is 3.90. The molecule has 0 amide bonds. The van der Waals surface area contributed by atoms with Gasteiger partial charge in [-0.3, -0.25) is 0 Å². The fourth-order valence-corrected chi connectivity index (χ4v) is 4.58. The second-order valence-electron chi connectivity index (χ2n) is 7.78. The minimum Gasteiger partial charge on any atom is -0.478 e. The van der Waals surface area contributed by atoms with Crippen LogP contribution in [0.5, 0.6) is 0 Å². The van der Waals surface area contributed by atoms with Crippen LogP contribution in [0.15, 0.2) is 54.8 Å². The average Bonchev–Trinajstić information content (AvgIpc) is 3.04. The van der Waals surface area contributed by atoms with E-state index in [4.69, 9.17) is 5.11 Å². The van der Waals surface area contributed by atoms with Crippen molar-refractivity contribution in [3.05, 3.63) is 88.8 Å². The summed E-state index contributed by atoms with van der Waals surface area (Å²) < 4.78 is 32.7. The molecule has 4 rings (SSSR count). The van der Waals surface area contributed by atoms with Gasteiger partial charge in [-0.25, -0.2) is 13.6 Å². The molecule has 1 aliphatic heterocycles. The maximum Gasteiger partial charge on any atom is 0.328 e. The molecule has 3 aromatic rings. The topological polar surface area (TPSA) is 45.5 Å². The number of rotatable bonds is 5. The van der Waals surface area contributed by atoms with E-state index in [-0.39, 0.29) is 11.1 Å². The van der Waals surface area contributed by atoms with Gasteiger partial charge in [-0.2, -0.15) is 0 Å². The van der Waals surface area contributed by atoms with Gasteiger partial charge in [-0.15, -0.1) is 0 Å². The molecule has 0 radical (unpaired) electrons. The number of hydrogen-bond donors (Lipinski definition) is 1. The van der Waals surface area contributed by atoms with Crippen molar-refractivity contribution in [2.75, 3.05) is 6.54 Å². The molecular formula is C25H24F2N2O2. The number of aliphatic carboxylic acids is 1. The van der Waals surface area contributed by atoms with E-state index >= 15 is 8.78 Å². The van der Waals surface area contributed by atoms with E-state index in [0.29, 0.717) is 13.0 Å². The zero-order valence-electron chi connectivity index (χ0n) is 17.5. The van der Waals surface area contributed by atoms with Crippen molar-refractivity contribution in [3.8, 4) is 0 Å². The zero-order chi connectivity index (χ0) is 22.3. The smallest absolute Gasteiger partial charge is 0.328 e. The van der Waals surface area contributed by atoms with Crippen molar-refractivity contribution in [3.63, 3.8) is 0 Å². The Morgan fingerprint density at radius 2 is 1.94 bits per heavy atom. The molecule has 160 valence electrons. The van der Waals surface area contributed by atoms with Crippen LogP contribution in [0.2, 0.25) is 0 Å². The summed E-state index contributed by atoms with van der Waals surface area (Å²) in [4.78, 5) is 12.8. The highest BCUT2D eigenvalue weighted by molar-refractivity contribution is 5.86. The van der Waals surface area contributed by atoms with Crippen molar-refractivity contribution < 1.29 is 18.7 Å². The molecule has 0 saturated carbocycles. The normalized spacial score (nSPS) is 16.1. The second-order valence-corrected chi connectivity index (χ2v) is 7.78. The summed E-state index contributed by atoms with van der Waals surface area (Å²) in [6.45, 7) is 6.73. The Labute approximate surface area is 179 Å². The molecule has 1 aromatic heterocycles. The summed E-state index contributed by atoms with van der Waals surface area (Å²) in [5.74, 6) is -2.59. The molecule has 31 heavy (non-hydrogen) atoms. The molecular weight excluding hydrogens is 398 g/mol. The number of hydrogen-bond acceptors (Lipinski definition) is 2. The molecule has 0 bridgehead atoms. The van der Waals surface area contributed by atoms with E-state index in [1.165, 1.54) is 18.2 Å². The molecule has 6 heteroatoms. The van der Waals surface area contributed by atoms with Crippen LogP contribution in [0.4, 0.5) is 8.78 Å². The lowest BCUT2D eigenvalue weighted by molar-refractivity contribution is -0.131. The molecule has 0 aliphatic carbocycles. The van der Waals surface area contributed by atoms with E-state index in [0.717, 1.165) is 40.4 Å². The summed E-state index contributed by atoms with van der Waals surface area (Å²) in [7, 11) is 1.92. The van der Waals surface area contributed by atoms with Gasteiger partial charge in [0, 0.05) is 42.0 Å². The van der Waals surface area contributed by atoms with Gasteiger partial charge in [-0.1, -0.05) is 31.7 Å². The molecule has 1 atom stereocenters. The first kappa shape index (κ1) is 20.8. The number of aryl methyl sites for hydroxylation is 1. The lowest BCUT2D eigenvalue weighted by Crippen LogP contribution is -2.37. The fraction of sp³-hybridized carbons (Fsp3) is 0.240. The van der Waals surface area contributed by atoms with Crippen molar-refractivity contribution in [1.29, 1.82) is 0 Å². The van der Waals surface area contributed by atoms with Crippen molar-refractivity contribution in [2.45, 2.75) is 25.8 Å². The minimum absolute atomic E-state index is 0.0473. The standard InChI is InChI=1S/C25H24F2N2O2/c1-4-15(2)29-12-11-18-17-7-5-6-8-21(17)28(3)24(18)25(29)23-19(26)13-16(14-20(23)27)9-10-22(30)31/h5-10,13-14,25H,2,4,11-12H2,1,3H3,(H,30,31)/b10-9+/t25-/m1/s1. The van der Waals surface area contributed by atoms with Gasteiger partial charge in [0.05, 0.1) is 5.56 Å². The van der Waals surface area contributed by atoms with Crippen molar-refractivity contribution >= 4 is 22.9 Å². The van der Waals surface area contributed by atoms with Gasteiger partial charge in [0.1, 0.15) is 17.7 Å². The Balaban J connectivity index is 1.95. The Morgan fingerprint density at radius 3 is 2.58 bits per heavy atom. The summed E-state index contributed by atoms with van der Waals surface area (Å²) in [6.07, 6.45) is 3.47. The van der Waals surface area contributed by atoms with Crippen LogP contribution < -0.4 is 0 Å². The van der Waals surface area contributed by atoms with Crippen LogP contribution in [-0.4, -0.2) is 27.1 Å². The molecule has 0 unspecified atom stereocenters. The molecule has 0 saturated heterocycles. The van der Waals surface area contributed by atoms with E-state index in [1.54, 1.807) is 0 Å². The van der Waals surface area contributed by atoms with Gasteiger partial charge in [0.2, 0.25) is 0 Å². The predicted molar refractivity (Wildman–Crippen MR) is 118 cm³/mol. The number of carboxylic acids is 1. The largest absolute Gasteiger partial charge is 0.478 e. The number of benzene rings is 2. The van der Waals surface area contributed by atoms with Crippen LogP contribution in [0.25, 0.3) is 17.0 Å². The predicted octanol–water partition coefficient (Wildman–Crippen LogP) is 5.43. The quantitative estimate of drug-likeness (QED) is 0.558. The van der Waals surface area contributed by atoms with Crippen LogP contribution in [0.1, 0.15) is 41.8 Å². The van der Waals surface area contributed by atoms with E-state index in [1.807, 2.05) is 47.7 Å². The number of carboxylic acid groups (broad SMARTS) is 1. The maximum atomic E-state index is 15.4. The maximum absolute atomic E-state index is 15.4. The third-order valence-corrected chi connectivity index (χ3v) is 6.04. The number of aromatic nitrogens is 1. The van der Waals surface area contributed by atoms with E-state index in [9.17, 15) is 4.79 Å². The number of fused-ring (bicyclic) bond motifs is 3. The summed E-state index contributed by atoms with van der Waals surface area (Å²) >= 11 is 0. The van der Waals surface area contributed by atoms with Crippen LogP contribution in [0, 0.1) is 11.6 Å². The lowest BCUT2D eigenvalue weighted by atomic mass is 9.90. The first-order valence-electron chi connectivity index (χ1n) is 10.2. The van der Waals surface area contributed by atoms with Crippen LogP contribution in [-0.2, 0) is 18.3 Å². The Bertz CT molecular complexity index is 1200. The van der Waals surface area contributed by atoms with Crippen LogP contribution in [0.3, 0.4) is 0 Å². The number of halogens is 2. The van der Waals surface area contributed by atoms with Crippen molar-refractivity contribution in [2.24, 2.45) is 7.05 Å². The van der Waals surface area contributed by atoms with E-state index in [2.05, 4.69) is 6.58 Å². The lowest BCUT2D eigenvalue weighted by Gasteiger charge is -2.40. The molecule has 2 aromatic carbocycles. The Morgan fingerprint density at radius 1 is 1.26 bits per heavy atom. The van der Waals surface area contributed by atoms with Gasteiger partial charge in [0.15, 0.2) is 0 Å². The van der Waals surface area contributed by atoms with Gasteiger partial charge < -0.3 is 14.6 Å². The number of allylic oxidation sites excluding steroid dienone is 1. The first-order chi connectivity index (χ1) is 14.8. The van der Waals surface area contributed by atoms with Gasteiger partial charge in [-0.05, 0) is 48.2 Å². The highest BCUT2D eigenvalue weighted by Gasteiger charge is 2.36. The fourth-order valence-electron chi connectivity index (χ4n) is 4.58. The van der Waals surface area contributed by atoms with Gasteiger partial charge in [0.25, 0.3) is 0 Å². The number of para-hydroxylation sites is 1.